The lowest BCUT2D eigenvalue weighted by molar-refractivity contribution is 0.0697. The summed E-state index contributed by atoms with van der Waals surface area (Å²) in [5.74, 6) is -1.68. The minimum atomic E-state index is -1.07. The molecule has 0 atom stereocenters. The highest BCUT2D eigenvalue weighted by Gasteiger charge is 2.12. The normalized spacial score (nSPS) is 10.8. The number of carboxylic acid groups (broad SMARTS) is 1. The number of fused-ring (bicyclic) bond motifs is 1. The standard InChI is InChI=1S/C14H8ClFN2O3/c15-8-2-1-3-10(12(8)16)18-14-17-9-5-4-7(13(19)20)6-11(9)21-14/h1-6H,(H,17,18)(H,19,20). The van der Waals surface area contributed by atoms with Crippen molar-refractivity contribution in [3.05, 3.63) is 52.8 Å². The average Bonchev–Trinajstić information content (AvgIpc) is 2.85. The van der Waals surface area contributed by atoms with E-state index in [2.05, 4.69) is 10.3 Å². The molecule has 3 aromatic rings. The van der Waals surface area contributed by atoms with Crippen molar-refractivity contribution in [1.82, 2.24) is 4.98 Å². The Kier molecular flexibility index (Phi) is 3.23. The number of carbonyl (C=O) groups is 1. The molecule has 0 aliphatic rings. The summed E-state index contributed by atoms with van der Waals surface area (Å²) < 4.78 is 19.1. The molecule has 2 N–H and O–H groups in total. The van der Waals surface area contributed by atoms with Gasteiger partial charge in [-0.3, -0.25) is 0 Å². The van der Waals surface area contributed by atoms with E-state index in [1.54, 1.807) is 6.07 Å². The fraction of sp³-hybridized carbons (Fsp3) is 0. The van der Waals surface area contributed by atoms with Crippen LogP contribution in [-0.2, 0) is 0 Å². The summed E-state index contributed by atoms with van der Waals surface area (Å²) in [4.78, 5) is 15.0. The van der Waals surface area contributed by atoms with Crippen LogP contribution in [-0.4, -0.2) is 16.1 Å². The summed E-state index contributed by atoms with van der Waals surface area (Å²) in [7, 11) is 0. The molecule has 2 aromatic carbocycles. The van der Waals surface area contributed by atoms with Crippen LogP contribution in [0.3, 0.4) is 0 Å². The Morgan fingerprint density at radius 3 is 2.90 bits per heavy atom. The molecule has 1 aromatic heterocycles. The first-order valence-corrected chi connectivity index (χ1v) is 6.27. The molecule has 1 heterocycles. The van der Waals surface area contributed by atoms with Gasteiger partial charge in [-0.1, -0.05) is 17.7 Å². The summed E-state index contributed by atoms with van der Waals surface area (Å²) >= 11 is 5.68. The molecule has 0 aliphatic carbocycles. The van der Waals surface area contributed by atoms with E-state index in [1.807, 2.05) is 0 Å². The van der Waals surface area contributed by atoms with Crippen LogP contribution >= 0.6 is 11.6 Å². The van der Waals surface area contributed by atoms with Crippen molar-refractivity contribution in [1.29, 1.82) is 0 Å². The van der Waals surface area contributed by atoms with Crippen LogP contribution in [0.2, 0.25) is 5.02 Å². The Morgan fingerprint density at radius 1 is 1.33 bits per heavy atom. The molecular formula is C14H8ClFN2O3. The molecule has 7 heteroatoms. The number of nitrogens with one attached hydrogen (secondary N) is 1. The van der Waals surface area contributed by atoms with Crippen LogP contribution in [0.1, 0.15) is 10.4 Å². The maximum Gasteiger partial charge on any atom is 0.335 e. The molecule has 0 saturated heterocycles. The monoisotopic (exact) mass is 306 g/mol. The van der Waals surface area contributed by atoms with E-state index < -0.39 is 11.8 Å². The second kappa shape index (κ2) is 5.06. The van der Waals surface area contributed by atoms with Gasteiger partial charge in [0.1, 0.15) is 5.52 Å². The number of anilines is 2. The van der Waals surface area contributed by atoms with Gasteiger partial charge in [0.05, 0.1) is 16.3 Å². The lowest BCUT2D eigenvalue weighted by atomic mass is 10.2. The van der Waals surface area contributed by atoms with Gasteiger partial charge in [0.15, 0.2) is 11.4 Å². The predicted molar refractivity (Wildman–Crippen MR) is 75.7 cm³/mol. The zero-order valence-corrected chi connectivity index (χ0v) is 11.2. The number of halogens is 2. The third-order valence-electron chi connectivity index (χ3n) is 2.83. The molecule has 3 rings (SSSR count). The highest BCUT2D eigenvalue weighted by molar-refractivity contribution is 6.31. The van der Waals surface area contributed by atoms with E-state index >= 15 is 0 Å². The largest absolute Gasteiger partial charge is 0.478 e. The molecule has 106 valence electrons. The van der Waals surface area contributed by atoms with Crippen LogP contribution in [0.4, 0.5) is 16.1 Å². The smallest absolute Gasteiger partial charge is 0.335 e. The summed E-state index contributed by atoms with van der Waals surface area (Å²) in [6, 6.07) is 8.82. The van der Waals surface area contributed by atoms with Gasteiger partial charge < -0.3 is 14.8 Å². The molecule has 0 amide bonds. The topological polar surface area (TPSA) is 75.4 Å². The van der Waals surface area contributed by atoms with Crippen molar-refractivity contribution in [2.45, 2.75) is 0 Å². The SMILES string of the molecule is O=C(O)c1ccc2nc(Nc3cccc(Cl)c3F)oc2c1. The Morgan fingerprint density at radius 2 is 2.14 bits per heavy atom. The van der Waals surface area contributed by atoms with Gasteiger partial charge in [-0.25, -0.2) is 9.18 Å². The molecule has 0 radical (unpaired) electrons. The van der Waals surface area contributed by atoms with Crippen molar-refractivity contribution in [3.8, 4) is 0 Å². The van der Waals surface area contributed by atoms with E-state index in [9.17, 15) is 9.18 Å². The van der Waals surface area contributed by atoms with Crippen molar-refractivity contribution < 1.29 is 18.7 Å². The van der Waals surface area contributed by atoms with Gasteiger partial charge in [0, 0.05) is 0 Å². The molecular weight excluding hydrogens is 299 g/mol. The van der Waals surface area contributed by atoms with Crippen molar-refractivity contribution in [2.75, 3.05) is 5.32 Å². The molecule has 0 aliphatic heterocycles. The number of carboxylic acids is 1. The first kappa shape index (κ1) is 13.4. The van der Waals surface area contributed by atoms with Crippen LogP contribution in [0.25, 0.3) is 11.1 Å². The number of rotatable bonds is 3. The van der Waals surface area contributed by atoms with E-state index in [4.69, 9.17) is 21.1 Å². The lowest BCUT2D eigenvalue weighted by Gasteiger charge is -2.03. The number of hydrogen-bond donors (Lipinski definition) is 2. The minimum Gasteiger partial charge on any atom is -0.478 e. The van der Waals surface area contributed by atoms with Gasteiger partial charge in [-0.2, -0.15) is 4.98 Å². The maximum absolute atomic E-state index is 13.8. The Labute approximate surface area is 123 Å². The van der Waals surface area contributed by atoms with Crippen LogP contribution in [0.15, 0.2) is 40.8 Å². The Hall–Kier alpha value is -2.60. The van der Waals surface area contributed by atoms with E-state index in [1.165, 1.54) is 30.3 Å². The van der Waals surface area contributed by atoms with Gasteiger partial charge in [-0.15, -0.1) is 0 Å². The van der Waals surface area contributed by atoms with Crippen molar-refractivity contribution in [2.24, 2.45) is 0 Å². The average molecular weight is 307 g/mol. The van der Waals surface area contributed by atoms with Gasteiger partial charge in [0.2, 0.25) is 0 Å². The van der Waals surface area contributed by atoms with Crippen LogP contribution in [0, 0.1) is 5.82 Å². The molecule has 5 nitrogen and oxygen atoms in total. The minimum absolute atomic E-state index is 0.0238. The molecule has 0 fully saturated rings. The predicted octanol–water partition coefficient (Wildman–Crippen LogP) is 4.06. The molecule has 0 bridgehead atoms. The van der Waals surface area contributed by atoms with E-state index in [-0.39, 0.29) is 22.3 Å². The fourth-order valence-corrected chi connectivity index (χ4v) is 2.00. The zero-order valence-electron chi connectivity index (χ0n) is 10.4. The summed E-state index contributed by atoms with van der Waals surface area (Å²) in [5.41, 5.74) is 0.955. The molecule has 0 saturated carbocycles. The molecule has 0 unspecified atom stereocenters. The second-order valence-electron chi connectivity index (χ2n) is 4.23. The number of aromatic carboxylic acids is 1. The number of oxazole rings is 1. The first-order chi connectivity index (χ1) is 10.0. The van der Waals surface area contributed by atoms with Crippen LogP contribution < -0.4 is 5.32 Å². The third-order valence-corrected chi connectivity index (χ3v) is 3.12. The van der Waals surface area contributed by atoms with E-state index in [0.29, 0.717) is 11.1 Å². The van der Waals surface area contributed by atoms with Crippen molar-refractivity contribution in [3.63, 3.8) is 0 Å². The second-order valence-corrected chi connectivity index (χ2v) is 4.64. The first-order valence-electron chi connectivity index (χ1n) is 5.89. The lowest BCUT2D eigenvalue weighted by Crippen LogP contribution is -1.94. The number of hydrogen-bond acceptors (Lipinski definition) is 4. The number of nitrogens with zero attached hydrogens (tertiary/aromatic N) is 1. The quantitative estimate of drug-likeness (QED) is 0.763. The highest BCUT2D eigenvalue weighted by Crippen LogP contribution is 2.27. The summed E-state index contributed by atoms with van der Waals surface area (Å²) in [6.07, 6.45) is 0. The number of aromatic nitrogens is 1. The summed E-state index contributed by atoms with van der Waals surface area (Å²) in [6.45, 7) is 0. The molecule has 21 heavy (non-hydrogen) atoms. The summed E-state index contributed by atoms with van der Waals surface area (Å²) in [5, 5.41) is 11.6. The maximum atomic E-state index is 13.8. The zero-order chi connectivity index (χ0) is 15.0. The van der Waals surface area contributed by atoms with E-state index in [0.717, 1.165) is 0 Å². The van der Waals surface area contributed by atoms with Gasteiger partial charge in [-0.05, 0) is 30.3 Å². The Balaban J connectivity index is 1.98. The van der Waals surface area contributed by atoms with Gasteiger partial charge >= 0.3 is 5.97 Å². The Bertz CT molecular complexity index is 847. The number of benzene rings is 2. The van der Waals surface area contributed by atoms with Crippen molar-refractivity contribution >= 4 is 40.4 Å². The highest BCUT2D eigenvalue weighted by atomic mass is 35.5. The fourth-order valence-electron chi connectivity index (χ4n) is 1.83. The van der Waals surface area contributed by atoms with Gasteiger partial charge in [0.25, 0.3) is 6.01 Å². The third kappa shape index (κ3) is 2.53. The van der Waals surface area contributed by atoms with Crippen LogP contribution in [0.5, 0.6) is 0 Å². The molecule has 0 spiro atoms.